The molecule has 1 aliphatic rings. The van der Waals surface area contributed by atoms with E-state index >= 15 is 0 Å². The van der Waals surface area contributed by atoms with E-state index in [4.69, 9.17) is 4.74 Å². The second-order valence-electron chi connectivity index (χ2n) is 7.85. The van der Waals surface area contributed by atoms with Crippen LogP contribution in [0.1, 0.15) is 35.5 Å². The number of pyridine rings is 2. The van der Waals surface area contributed by atoms with Gasteiger partial charge in [-0.3, -0.25) is 9.80 Å². The van der Waals surface area contributed by atoms with Crippen molar-refractivity contribution >= 4 is 17.9 Å². The summed E-state index contributed by atoms with van der Waals surface area (Å²) in [6.45, 7) is 4.07. The molecule has 1 atom stereocenters. The number of hydrazone groups is 1. The van der Waals surface area contributed by atoms with Gasteiger partial charge in [0, 0.05) is 38.5 Å². The molecule has 0 spiro atoms. The highest BCUT2D eigenvalue weighted by molar-refractivity contribution is 5.99. The topological polar surface area (TPSA) is 70.9 Å². The lowest BCUT2D eigenvalue weighted by Crippen LogP contribution is -2.39. The Morgan fingerprint density at radius 2 is 2.06 bits per heavy atom. The maximum Gasteiger partial charge on any atom is 0.272 e. The summed E-state index contributed by atoms with van der Waals surface area (Å²) in [6, 6.07) is 3.58. The van der Waals surface area contributed by atoms with Gasteiger partial charge >= 0.3 is 0 Å². The van der Waals surface area contributed by atoms with E-state index in [2.05, 4.69) is 26.9 Å². The Kier molecular flexibility index (Phi) is 6.91. The molecular formula is C23H24F3N5O2. The highest BCUT2D eigenvalue weighted by Crippen LogP contribution is 2.29. The molecule has 0 N–H and O–H groups in total. The van der Waals surface area contributed by atoms with Crippen LogP contribution in [-0.2, 0) is 5.92 Å². The minimum absolute atomic E-state index is 0.0251. The highest BCUT2D eigenvalue weighted by Gasteiger charge is 2.27. The second-order valence-corrected chi connectivity index (χ2v) is 7.85. The van der Waals surface area contributed by atoms with Crippen molar-refractivity contribution in [3.8, 4) is 17.7 Å². The lowest BCUT2D eigenvalue weighted by Gasteiger charge is -2.26. The third-order valence-electron chi connectivity index (χ3n) is 5.01. The Morgan fingerprint density at radius 3 is 2.67 bits per heavy atom. The first-order valence-electron chi connectivity index (χ1n) is 10.2. The summed E-state index contributed by atoms with van der Waals surface area (Å²) in [7, 11) is 3.26. The Bertz CT molecular complexity index is 1130. The van der Waals surface area contributed by atoms with Crippen LogP contribution in [0.4, 0.5) is 19.0 Å². The van der Waals surface area contributed by atoms with Crippen molar-refractivity contribution in [1.29, 1.82) is 0 Å². The van der Waals surface area contributed by atoms with Crippen molar-refractivity contribution < 1.29 is 22.7 Å². The van der Waals surface area contributed by atoms with Gasteiger partial charge in [-0.25, -0.2) is 23.1 Å². The molecule has 0 bridgehead atoms. The minimum atomic E-state index is -3.21. The monoisotopic (exact) mass is 459 g/mol. The normalized spacial score (nSPS) is 13.9. The van der Waals surface area contributed by atoms with Crippen LogP contribution in [0.2, 0.25) is 0 Å². The summed E-state index contributed by atoms with van der Waals surface area (Å²) in [5, 5.41) is 5.78. The average Bonchev–Trinajstić information content (AvgIpc) is 3.59. The summed E-state index contributed by atoms with van der Waals surface area (Å²) in [6.07, 6.45) is 2.50. The second kappa shape index (κ2) is 9.48. The molecule has 0 aliphatic heterocycles. The van der Waals surface area contributed by atoms with Crippen molar-refractivity contribution in [3.05, 3.63) is 47.0 Å². The first-order chi connectivity index (χ1) is 15.5. The fourth-order valence-electron chi connectivity index (χ4n) is 2.77. The van der Waals surface area contributed by atoms with E-state index in [0.717, 1.165) is 6.20 Å². The van der Waals surface area contributed by atoms with Crippen LogP contribution in [-0.4, -0.2) is 53.7 Å². The molecular weight excluding hydrogens is 435 g/mol. The van der Waals surface area contributed by atoms with Crippen LogP contribution < -0.4 is 9.75 Å². The van der Waals surface area contributed by atoms with Gasteiger partial charge in [0.1, 0.15) is 12.5 Å². The predicted molar refractivity (Wildman–Crippen MR) is 118 cm³/mol. The summed E-state index contributed by atoms with van der Waals surface area (Å²) in [4.78, 5) is 22.7. The lowest BCUT2D eigenvalue weighted by molar-refractivity contribution is 0.0165. The Morgan fingerprint density at radius 1 is 1.36 bits per heavy atom. The number of halogens is 3. The number of alkyl halides is 2. The average molecular weight is 459 g/mol. The number of rotatable bonds is 9. The molecule has 0 saturated carbocycles. The molecule has 1 amide bonds. The molecule has 1 aliphatic carbocycles. The van der Waals surface area contributed by atoms with E-state index in [1.54, 1.807) is 46.3 Å². The smallest absolute Gasteiger partial charge is 0.272 e. The molecule has 0 aromatic carbocycles. The minimum Gasteiger partial charge on any atom is -0.473 e. The Hall–Kier alpha value is -3.61. The number of nitrogens with zero attached hydrogens (tertiary/aromatic N) is 5. The number of amides is 1. The van der Waals surface area contributed by atoms with Gasteiger partial charge in [0.25, 0.3) is 11.8 Å². The van der Waals surface area contributed by atoms with Gasteiger partial charge in [-0.1, -0.05) is 11.8 Å². The number of anilines is 1. The third kappa shape index (κ3) is 6.00. The first-order valence-corrected chi connectivity index (χ1v) is 10.2. The van der Waals surface area contributed by atoms with Crippen LogP contribution in [0.15, 0.2) is 29.5 Å². The molecule has 174 valence electrons. The number of aromatic nitrogens is 2. The summed E-state index contributed by atoms with van der Waals surface area (Å²) in [5.41, 5.74) is 0.491. The fourth-order valence-corrected chi connectivity index (χ4v) is 2.77. The number of hydrogen-bond acceptors (Lipinski definition) is 6. The van der Waals surface area contributed by atoms with Crippen molar-refractivity contribution in [3.63, 3.8) is 0 Å². The SMILES string of the molecule is Cc1ccc(C(=O)N(C)[C@@H](C)COc2ncc(C(C)(F)F)cc2F)c(N(C)/N=C\C2C#C2)n1. The van der Waals surface area contributed by atoms with Crippen molar-refractivity contribution in [1.82, 2.24) is 14.9 Å². The molecule has 2 aromatic rings. The van der Waals surface area contributed by atoms with Gasteiger partial charge in [0.05, 0.1) is 17.8 Å². The van der Waals surface area contributed by atoms with E-state index in [1.807, 2.05) is 0 Å². The Labute approximate surface area is 190 Å². The van der Waals surface area contributed by atoms with Gasteiger partial charge < -0.3 is 9.64 Å². The molecule has 10 heteroatoms. The van der Waals surface area contributed by atoms with Crippen LogP contribution in [0.5, 0.6) is 5.88 Å². The van der Waals surface area contributed by atoms with Crippen molar-refractivity contribution in [2.24, 2.45) is 11.0 Å². The maximum atomic E-state index is 14.1. The van der Waals surface area contributed by atoms with Gasteiger partial charge in [-0.05, 0) is 32.0 Å². The zero-order valence-corrected chi connectivity index (χ0v) is 18.9. The molecule has 0 radical (unpaired) electrons. The standard InChI is InChI=1S/C23H24F3N5O2/c1-14-6-9-18(20(29-14)31(5)28-11-16-7-8-16)22(32)30(4)15(2)13-33-21-19(24)10-17(12-27-21)23(3,25)26/h6,9-12,15-16H,13H2,1-5H3/b28-11-/t15-/m0/s1. The number of aryl methyl sites for hydroxylation is 1. The number of ether oxygens (including phenoxy) is 1. The molecule has 3 rings (SSSR count). The molecule has 2 aromatic heterocycles. The number of carbonyl (C=O) groups excluding carboxylic acids is 1. The maximum absolute atomic E-state index is 14.1. The molecule has 0 saturated heterocycles. The van der Waals surface area contributed by atoms with Crippen LogP contribution in [0.25, 0.3) is 0 Å². The fraction of sp³-hybridized carbons (Fsp3) is 0.391. The molecule has 2 heterocycles. The zero-order valence-electron chi connectivity index (χ0n) is 18.9. The van der Waals surface area contributed by atoms with Gasteiger partial charge in [-0.2, -0.15) is 5.10 Å². The predicted octanol–water partition coefficient (Wildman–Crippen LogP) is 3.63. The van der Waals surface area contributed by atoms with Crippen LogP contribution in [0.3, 0.4) is 0 Å². The highest BCUT2D eigenvalue weighted by atomic mass is 19.3. The molecule has 0 unspecified atom stereocenters. The van der Waals surface area contributed by atoms with Gasteiger partial charge in [0.2, 0.25) is 5.88 Å². The summed E-state index contributed by atoms with van der Waals surface area (Å²) >= 11 is 0. The van der Waals surface area contributed by atoms with Gasteiger partial charge in [0.15, 0.2) is 11.6 Å². The number of hydrogen-bond donors (Lipinski definition) is 0. The summed E-state index contributed by atoms with van der Waals surface area (Å²) < 4.78 is 46.1. The van der Waals surface area contributed by atoms with E-state index < -0.39 is 29.2 Å². The number of likely N-dealkylation sites (N-methyl/N-ethyl adjacent to an activating group) is 1. The number of carbonyl (C=O) groups is 1. The molecule has 0 fully saturated rings. The van der Waals surface area contributed by atoms with E-state index in [1.165, 1.54) is 9.91 Å². The zero-order chi connectivity index (χ0) is 24.3. The quantitative estimate of drug-likeness (QED) is 0.325. The lowest BCUT2D eigenvalue weighted by atomic mass is 10.1. The van der Waals surface area contributed by atoms with Crippen LogP contribution in [0, 0.1) is 30.5 Å². The first kappa shape index (κ1) is 24.0. The van der Waals surface area contributed by atoms with E-state index in [0.29, 0.717) is 30.1 Å². The van der Waals surface area contributed by atoms with E-state index in [9.17, 15) is 18.0 Å². The van der Waals surface area contributed by atoms with Crippen molar-refractivity contribution in [2.75, 3.05) is 25.7 Å². The van der Waals surface area contributed by atoms with Gasteiger partial charge in [-0.15, -0.1) is 0 Å². The molecule has 33 heavy (non-hydrogen) atoms. The third-order valence-corrected chi connectivity index (χ3v) is 5.01. The largest absolute Gasteiger partial charge is 0.473 e. The van der Waals surface area contributed by atoms with Crippen LogP contribution >= 0.6 is 0 Å². The summed E-state index contributed by atoms with van der Waals surface area (Å²) in [5.74, 6) is 1.11. The Balaban J connectivity index is 1.69. The van der Waals surface area contributed by atoms with Crippen molar-refractivity contribution in [2.45, 2.75) is 32.7 Å². The molecule has 7 nitrogen and oxygen atoms in total. The van der Waals surface area contributed by atoms with E-state index in [-0.39, 0.29) is 18.4 Å².